The first-order valence-corrected chi connectivity index (χ1v) is 9.24. The number of carbonyl (C=O) groups is 2. The summed E-state index contributed by atoms with van der Waals surface area (Å²) in [6.07, 6.45) is 3.14. The average molecular weight is 346 g/mol. The van der Waals surface area contributed by atoms with E-state index in [0.717, 1.165) is 34.5 Å². The highest BCUT2D eigenvalue weighted by Gasteiger charge is 2.29. The van der Waals surface area contributed by atoms with Crippen molar-refractivity contribution in [2.45, 2.75) is 45.6 Å². The van der Waals surface area contributed by atoms with Crippen molar-refractivity contribution in [2.75, 3.05) is 13.2 Å². The second-order valence-corrected chi connectivity index (χ2v) is 7.31. The number of amides is 1. The van der Waals surface area contributed by atoms with E-state index in [9.17, 15) is 9.59 Å². The topological polar surface area (TPSA) is 59.5 Å². The minimum atomic E-state index is -0.229. The standard InChI is InChI=1S/C18H22N2O3S/c1-3-23-17(21)11-14-6-4-5-9-20(14)18(22)13-7-8-16-15(10-13)19-12(2)24-16/h7-8,10,14H,3-6,9,11H2,1-2H3/t14-/m1/s1. The number of hydrogen-bond donors (Lipinski definition) is 0. The Kier molecular flexibility index (Phi) is 5.14. The van der Waals surface area contributed by atoms with Gasteiger partial charge < -0.3 is 9.64 Å². The first-order chi connectivity index (χ1) is 11.6. The number of thiazole rings is 1. The zero-order valence-corrected chi connectivity index (χ0v) is 14.9. The van der Waals surface area contributed by atoms with Gasteiger partial charge in [0.1, 0.15) is 0 Å². The average Bonchev–Trinajstić information content (AvgIpc) is 2.94. The van der Waals surface area contributed by atoms with E-state index < -0.39 is 0 Å². The van der Waals surface area contributed by atoms with Gasteiger partial charge in [0.05, 0.1) is 28.3 Å². The van der Waals surface area contributed by atoms with Crippen molar-refractivity contribution in [2.24, 2.45) is 0 Å². The SMILES string of the molecule is CCOC(=O)C[C@H]1CCCCN1C(=O)c1ccc2sc(C)nc2c1. The number of ether oxygens (including phenoxy) is 1. The van der Waals surface area contributed by atoms with Crippen molar-refractivity contribution in [3.05, 3.63) is 28.8 Å². The van der Waals surface area contributed by atoms with Gasteiger partial charge in [0.2, 0.25) is 0 Å². The van der Waals surface area contributed by atoms with Crippen molar-refractivity contribution in [3.8, 4) is 0 Å². The summed E-state index contributed by atoms with van der Waals surface area (Å²) in [6.45, 7) is 4.83. The lowest BCUT2D eigenvalue weighted by atomic mass is 9.98. The van der Waals surface area contributed by atoms with Crippen LogP contribution in [-0.4, -0.2) is 41.0 Å². The van der Waals surface area contributed by atoms with Crippen LogP contribution < -0.4 is 0 Å². The fourth-order valence-corrected chi connectivity index (χ4v) is 4.04. The molecule has 1 aliphatic rings. The molecule has 0 radical (unpaired) electrons. The molecule has 1 atom stereocenters. The molecular formula is C18H22N2O3S. The van der Waals surface area contributed by atoms with Gasteiger partial charge in [-0.2, -0.15) is 0 Å². The highest BCUT2D eigenvalue weighted by Crippen LogP contribution is 2.26. The minimum absolute atomic E-state index is 0.0171. The molecule has 0 bridgehead atoms. The van der Waals surface area contributed by atoms with Crippen LogP contribution in [0.2, 0.25) is 0 Å². The molecular weight excluding hydrogens is 324 g/mol. The van der Waals surface area contributed by atoms with Crippen LogP contribution in [0.4, 0.5) is 0 Å². The van der Waals surface area contributed by atoms with Crippen LogP contribution in [-0.2, 0) is 9.53 Å². The van der Waals surface area contributed by atoms with Crippen molar-refractivity contribution >= 4 is 33.4 Å². The summed E-state index contributed by atoms with van der Waals surface area (Å²) in [6, 6.07) is 5.60. The fourth-order valence-electron chi connectivity index (χ4n) is 3.23. The zero-order chi connectivity index (χ0) is 17.1. The quantitative estimate of drug-likeness (QED) is 0.794. The Bertz CT molecular complexity index is 756. The smallest absolute Gasteiger partial charge is 0.307 e. The Hall–Kier alpha value is -1.95. The minimum Gasteiger partial charge on any atom is -0.466 e. The van der Waals surface area contributed by atoms with Crippen LogP contribution in [0.1, 0.15) is 48.0 Å². The molecule has 3 rings (SSSR count). The van der Waals surface area contributed by atoms with Crippen molar-refractivity contribution in [3.63, 3.8) is 0 Å². The number of likely N-dealkylation sites (tertiary alicyclic amines) is 1. The molecule has 128 valence electrons. The molecule has 5 nitrogen and oxygen atoms in total. The zero-order valence-electron chi connectivity index (χ0n) is 14.1. The third-order valence-electron chi connectivity index (χ3n) is 4.34. The number of aryl methyl sites for hydroxylation is 1. The number of esters is 1. The van der Waals surface area contributed by atoms with Crippen LogP contribution in [0.3, 0.4) is 0 Å². The van der Waals surface area contributed by atoms with E-state index in [1.807, 2.05) is 30.0 Å². The van der Waals surface area contributed by atoms with Crippen molar-refractivity contribution < 1.29 is 14.3 Å². The number of aromatic nitrogens is 1. The summed E-state index contributed by atoms with van der Waals surface area (Å²) in [7, 11) is 0. The maximum Gasteiger partial charge on any atom is 0.307 e. The molecule has 1 amide bonds. The molecule has 2 heterocycles. The lowest BCUT2D eigenvalue weighted by Crippen LogP contribution is -2.45. The van der Waals surface area contributed by atoms with E-state index >= 15 is 0 Å². The van der Waals surface area contributed by atoms with Crippen LogP contribution in [0, 0.1) is 6.92 Å². The highest BCUT2D eigenvalue weighted by atomic mass is 32.1. The number of fused-ring (bicyclic) bond motifs is 1. The summed E-state index contributed by atoms with van der Waals surface area (Å²) < 4.78 is 6.14. The van der Waals surface area contributed by atoms with Crippen LogP contribution in [0.25, 0.3) is 10.2 Å². The van der Waals surface area contributed by atoms with Gasteiger partial charge >= 0.3 is 5.97 Å². The predicted octanol–water partition coefficient (Wildman–Crippen LogP) is 3.55. The molecule has 1 fully saturated rings. The van der Waals surface area contributed by atoms with Gasteiger partial charge in [-0.3, -0.25) is 9.59 Å². The Morgan fingerprint density at radius 1 is 1.38 bits per heavy atom. The third-order valence-corrected chi connectivity index (χ3v) is 5.29. The summed E-state index contributed by atoms with van der Waals surface area (Å²) in [4.78, 5) is 31.1. The van der Waals surface area contributed by atoms with E-state index in [-0.39, 0.29) is 24.3 Å². The van der Waals surface area contributed by atoms with Crippen LogP contribution in [0.5, 0.6) is 0 Å². The van der Waals surface area contributed by atoms with Gasteiger partial charge in [-0.1, -0.05) is 0 Å². The third kappa shape index (κ3) is 3.59. The number of hydrogen-bond acceptors (Lipinski definition) is 5. The van der Waals surface area contributed by atoms with E-state index in [0.29, 0.717) is 18.7 Å². The molecule has 1 saturated heterocycles. The van der Waals surface area contributed by atoms with Crippen LogP contribution in [0.15, 0.2) is 18.2 Å². The van der Waals surface area contributed by atoms with Gasteiger partial charge in [-0.05, 0) is 51.3 Å². The molecule has 1 aromatic carbocycles. The molecule has 1 aliphatic heterocycles. The molecule has 0 N–H and O–H groups in total. The second kappa shape index (κ2) is 7.30. The Labute approximate surface area is 145 Å². The van der Waals surface area contributed by atoms with E-state index in [1.165, 1.54) is 0 Å². The fraction of sp³-hybridized carbons (Fsp3) is 0.500. The Morgan fingerprint density at radius 2 is 2.21 bits per heavy atom. The number of carbonyl (C=O) groups excluding carboxylic acids is 2. The molecule has 0 spiro atoms. The second-order valence-electron chi connectivity index (χ2n) is 6.07. The van der Waals surface area contributed by atoms with E-state index in [1.54, 1.807) is 18.3 Å². The molecule has 0 unspecified atom stereocenters. The number of benzene rings is 1. The summed E-state index contributed by atoms with van der Waals surface area (Å²) in [5.74, 6) is -0.246. The monoisotopic (exact) mass is 346 g/mol. The number of piperidine rings is 1. The van der Waals surface area contributed by atoms with Gasteiger partial charge in [0, 0.05) is 18.2 Å². The first-order valence-electron chi connectivity index (χ1n) is 8.42. The van der Waals surface area contributed by atoms with Crippen molar-refractivity contribution in [1.29, 1.82) is 0 Å². The molecule has 1 aromatic heterocycles. The van der Waals surface area contributed by atoms with Gasteiger partial charge in [0.15, 0.2) is 0 Å². The Morgan fingerprint density at radius 3 is 3.00 bits per heavy atom. The molecule has 24 heavy (non-hydrogen) atoms. The molecule has 0 saturated carbocycles. The predicted molar refractivity (Wildman–Crippen MR) is 94.3 cm³/mol. The summed E-state index contributed by atoms with van der Waals surface area (Å²) >= 11 is 1.63. The molecule has 0 aliphatic carbocycles. The summed E-state index contributed by atoms with van der Waals surface area (Å²) in [5.41, 5.74) is 1.51. The lowest BCUT2D eigenvalue weighted by Gasteiger charge is -2.35. The first kappa shape index (κ1) is 16.9. The maximum absolute atomic E-state index is 12.9. The van der Waals surface area contributed by atoms with E-state index in [2.05, 4.69) is 4.98 Å². The number of nitrogens with zero attached hydrogens (tertiary/aromatic N) is 2. The maximum atomic E-state index is 12.9. The number of rotatable bonds is 4. The van der Waals surface area contributed by atoms with Gasteiger partial charge in [0.25, 0.3) is 5.91 Å². The summed E-state index contributed by atoms with van der Waals surface area (Å²) in [5, 5.41) is 0.993. The normalized spacial score (nSPS) is 17.9. The Balaban J connectivity index is 1.80. The lowest BCUT2D eigenvalue weighted by molar-refractivity contribution is -0.144. The molecule has 6 heteroatoms. The highest BCUT2D eigenvalue weighted by molar-refractivity contribution is 7.18. The van der Waals surface area contributed by atoms with Crippen LogP contribution >= 0.6 is 11.3 Å². The molecule has 2 aromatic rings. The van der Waals surface area contributed by atoms with Crippen molar-refractivity contribution in [1.82, 2.24) is 9.88 Å². The van der Waals surface area contributed by atoms with E-state index in [4.69, 9.17) is 4.74 Å². The largest absolute Gasteiger partial charge is 0.466 e. The van der Waals surface area contributed by atoms with Gasteiger partial charge in [-0.25, -0.2) is 4.98 Å². The van der Waals surface area contributed by atoms with Gasteiger partial charge in [-0.15, -0.1) is 11.3 Å².